The van der Waals surface area contributed by atoms with E-state index < -0.39 is 266 Å². The monoisotopic (exact) mass is 1220 g/mol. The summed E-state index contributed by atoms with van der Waals surface area (Å²) < 4.78 is 74.8. The van der Waals surface area contributed by atoms with Gasteiger partial charge in [0.25, 0.3) is 0 Å². The first-order chi connectivity index (χ1) is 39.2. The summed E-state index contributed by atoms with van der Waals surface area (Å²) in [5, 5.41) is 220. The van der Waals surface area contributed by atoms with Gasteiger partial charge in [-0.05, 0) is 6.92 Å². The third-order valence-corrected chi connectivity index (χ3v) is 15.3. The molecule has 7 fully saturated rings. The van der Waals surface area contributed by atoms with Crippen LogP contribution in [0, 0.1) is 0 Å². The summed E-state index contributed by atoms with van der Waals surface area (Å²) in [6.45, 7) is -2.59. The van der Waals surface area contributed by atoms with Crippen molar-refractivity contribution in [1.29, 1.82) is 0 Å². The van der Waals surface area contributed by atoms with Gasteiger partial charge in [0.15, 0.2) is 44.0 Å². The van der Waals surface area contributed by atoms with E-state index in [1.54, 1.807) is 0 Å². The zero-order chi connectivity index (χ0) is 61.2. The molecular weight excluding hydrogens is 1140 g/mol. The largest absolute Gasteiger partial charge is 0.394 e. The molecule has 37 nitrogen and oxygen atoms in total. The van der Waals surface area contributed by atoms with Gasteiger partial charge in [0.1, 0.15) is 165 Å². The number of carbonyl (C=O) groups is 2. The molecule has 0 aromatic rings. The lowest BCUT2D eigenvalue weighted by molar-refractivity contribution is -0.386. The van der Waals surface area contributed by atoms with E-state index in [0.29, 0.717) is 0 Å². The first kappa shape index (κ1) is 68.1. The van der Waals surface area contributed by atoms with Crippen LogP contribution in [0.4, 0.5) is 0 Å². The van der Waals surface area contributed by atoms with Crippen molar-refractivity contribution in [2.24, 2.45) is 0 Å². The smallest absolute Gasteiger partial charge is 0.217 e. The molecule has 7 rings (SSSR count). The molecule has 37 heteroatoms. The molecule has 83 heavy (non-hydrogen) atoms. The number of aliphatic hydroxyl groups excluding tert-OH is 20. The highest BCUT2D eigenvalue weighted by molar-refractivity contribution is 5.73. The Morgan fingerprint density at radius 1 is 0.337 bits per heavy atom. The molecule has 2 amide bonds. The van der Waals surface area contributed by atoms with Gasteiger partial charge in [-0.3, -0.25) is 9.59 Å². The number of nitrogens with one attached hydrogen (secondary N) is 2. The summed E-state index contributed by atoms with van der Waals surface area (Å²) in [5.41, 5.74) is 0. The van der Waals surface area contributed by atoms with E-state index in [4.69, 9.17) is 61.6 Å². The van der Waals surface area contributed by atoms with Gasteiger partial charge in [0.05, 0.1) is 45.7 Å². The highest BCUT2D eigenvalue weighted by atomic mass is 16.8. The Hall–Kier alpha value is -2.38. The highest BCUT2D eigenvalue weighted by Gasteiger charge is 2.59. The third kappa shape index (κ3) is 14.7. The molecule has 22 N–H and O–H groups in total. The number of rotatable bonds is 20. The summed E-state index contributed by atoms with van der Waals surface area (Å²) >= 11 is 0. The van der Waals surface area contributed by atoms with Crippen molar-refractivity contribution in [3.8, 4) is 0 Å². The highest BCUT2D eigenvalue weighted by Crippen LogP contribution is 2.38. The second-order valence-electron chi connectivity index (χ2n) is 21.1. The van der Waals surface area contributed by atoms with Crippen LogP contribution in [0.1, 0.15) is 20.8 Å². The topological polar surface area (TPSA) is 583 Å². The molecular formula is C46H78N2O35. The molecule has 7 heterocycles. The molecule has 0 unspecified atom stereocenters. The molecule has 0 aromatic heterocycles. The van der Waals surface area contributed by atoms with Crippen molar-refractivity contribution in [3.63, 3.8) is 0 Å². The van der Waals surface area contributed by atoms with E-state index >= 15 is 0 Å². The number of carbonyl (C=O) groups excluding carboxylic acids is 2. The van der Waals surface area contributed by atoms with Crippen LogP contribution in [-0.4, -0.2) is 368 Å². The van der Waals surface area contributed by atoms with E-state index in [2.05, 4.69) is 10.6 Å². The zero-order valence-electron chi connectivity index (χ0n) is 44.5. The lowest BCUT2D eigenvalue weighted by Crippen LogP contribution is -2.70. The number of ether oxygens (including phenoxy) is 13. The standard InChI is InChI=1S/C46H78N2O35/c1-10-21(56)27(62)39(41(70)72-10)79-37-20(48-12(3)55)42(76-17(8-53)36(37)82-44-31(66)26(61)22(57)13(4-49)74-44)71-9-18-23(58)25(60)19(47-11(2)54)43(78-18)83-38-24(59)14(5-50)75-46(33(38)68)81-35-16(7-52)77-45(32(67)29(35)64)80-34-15(6-51)73-40(69)30(65)28(34)63/h10,13-46,49-53,56-70H,4-9H2,1-3H3,(H,47,54)(H,48,55)/t10-,13+,14+,15+,16+,17+,18+,19+,20+,21+,22-,23-,24-,25+,26-,27+,28+,29+,30+,31+,32+,33+,34+,35-,36+,37+,38-,39-,40+,41+,42+,43-,44-,45-,46+/m0/s1. The molecule has 0 aliphatic carbocycles. The van der Waals surface area contributed by atoms with Gasteiger partial charge in [-0.2, -0.15) is 0 Å². The van der Waals surface area contributed by atoms with Crippen LogP contribution in [0.5, 0.6) is 0 Å². The van der Waals surface area contributed by atoms with Gasteiger partial charge in [0, 0.05) is 13.8 Å². The van der Waals surface area contributed by atoms with Gasteiger partial charge in [-0.1, -0.05) is 0 Å². The Bertz CT molecular complexity index is 2040. The van der Waals surface area contributed by atoms with E-state index in [9.17, 15) is 112 Å². The minimum atomic E-state index is -2.26. The minimum Gasteiger partial charge on any atom is -0.394 e. The summed E-state index contributed by atoms with van der Waals surface area (Å²) in [5.74, 6) is -1.73. The third-order valence-electron chi connectivity index (χ3n) is 15.3. The van der Waals surface area contributed by atoms with Gasteiger partial charge >= 0.3 is 0 Å². The van der Waals surface area contributed by atoms with Crippen molar-refractivity contribution in [2.45, 2.75) is 236 Å². The minimum absolute atomic E-state index is 0.861. The van der Waals surface area contributed by atoms with Crippen molar-refractivity contribution in [3.05, 3.63) is 0 Å². The number of hydrogen-bond donors (Lipinski definition) is 22. The van der Waals surface area contributed by atoms with Crippen molar-refractivity contribution < 1.29 is 173 Å². The molecule has 0 aromatic carbocycles. The average Bonchev–Trinajstić information content (AvgIpc) is 3.60. The zero-order valence-corrected chi connectivity index (χ0v) is 44.5. The maximum Gasteiger partial charge on any atom is 0.217 e. The van der Waals surface area contributed by atoms with Crippen molar-refractivity contribution >= 4 is 11.8 Å². The van der Waals surface area contributed by atoms with Gasteiger partial charge < -0.3 is 174 Å². The normalized spacial score (nSPS) is 50.8. The Balaban J connectivity index is 1.12. The molecule has 7 saturated heterocycles. The fourth-order valence-corrected chi connectivity index (χ4v) is 10.7. The molecule has 0 spiro atoms. The maximum absolute atomic E-state index is 13.0. The molecule has 482 valence electrons. The van der Waals surface area contributed by atoms with Crippen LogP contribution in [0.15, 0.2) is 0 Å². The maximum atomic E-state index is 13.0. The predicted molar refractivity (Wildman–Crippen MR) is 254 cm³/mol. The first-order valence-corrected chi connectivity index (χ1v) is 26.5. The van der Waals surface area contributed by atoms with Crippen LogP contribution in [0.3, 0.4) is 0 Å². The van der Waals surface area contributed by atoms with E-state index in [1.807, 2.05) is 0 Å². The summed E-state index contributed by atoms with van der Waals surface area (Å²) in [6, 6.07) is -3.55. The molecule has 7 aliphatic rings. The SMILES string of the molecule is CC(=O)N[C@H]1[C@H](O[C@H]2[C@@H](O)[C@@H](CO)O[C@H](O[C@@H]3[C@H](O)[C@@H](O)[C@H](O[C@H]4[C@H](O)[C@@H](O)[C@H](O)O[C@@H]4CO)O[C@@H]3CO)[C@@H]2O)O[C@H](CO[C@@H]2O[C@H](CO)[C@@H](O[C@@H]3O[C@H](CO)[C@H](O)[C@H](O)[C@H]3O)[C@H](O[C@H]3[C@H](O)[C@H](O)[C@H](C)O[C@H]3O)[C@H]2NC(C)=O)[C@H](O)[C@@H]1O. The molecule has 0 bridgehead atoms. The molecule has 7 aliphatic heterocycles. The van der Waals surface area contributed by atoms with Crippen LogP contribution >= 0.6 is 0 Å². The fraction of sp³-hybridized carbons (Fsp3) is 0.957. The Morgan fingerprint density at radius 2 is 0.759 bits per heavy atom. The quantitative estimate of drug-likeness (QED) is 0.0538. The van der Waals surface area contributed by atoms with Crippen LogP contribution in [0.25, 0.3) is 0 Å². The van der Waals surface area contributed by atoms with Gasteiger partial charge in [-0.15, -0.1) is 0 Å². The lowest BCUT2D eigenvalue weighted by atomic mass is 9.93. The van der Waals surface area contributed by atoms with Gasteiger partial charge in [-0.25, -0.2) is 0 Å². The summed E-state index contributed by atoms with van der Waals surface area (Å²) in [7, 11) is 0. The number of aliphatic hydroxyl groups is 20. The second-order valence-corrected chi connectivity index (χ2v) is 21.1. The Kier molecular flexibility index (Phi) is 24.0. The van der Waals surface area contributed by atoms with E-state index in [0.717, 1.165) is 13.8 Å². The van der Waals surface area contributed by atoms with Crippen LogP contribution < -0.4 is 10.6 Å². The summed E-state index contributed by atoms with van der Waals surface area (Å²) in [6.07, 6.45) is -63.0. The van der Waals surface area contributed by atoms with Crippen LogP contribution in [0.2, 0.25) is 0 Å². The van der Waals surface area contributed by atoms with Gasteiger partial charge in [0.2, 0.25) is 11.8 Å². The predicted octanol–water partition coefficient (Wildman–Crippen LogP) is -15.0. The Labute approximate surface area is 470 Å². The lowest BCUT2D eigenvalue weighted by Gasteiger charge is -2.51. The first-order valence-electron chi connectivity index (χ1n) is 26.5. The van der Waals surface area contributed by atoms with Crippen molar-refractivity contribution in [1.82, 2.24) is 10.6 Å². The van der Waals surface area contributed by atoms with E-state index in [-0.39, 0.29) is 0 Å². The number of hydrogen-bond acceptors (Lipinski definition) is 35. The fourth-order valence-electron chi connectivity index (χ4n) is 10.7. The second kappa shape index (κ2) is 29.3. The molecule has 35 atom stereocenters. The van der Waals surface area contributed by atoms with Crippen LogP contribution in [-0.2, 0) is 71.2 Å². The molecule has 0 radical (unpaired) electrons. The van der Waals surface area contributed by atoms with Crippen molar-refractivity contribution in [2.75, 3.05) is 39.6 Å². The average molecular weight is 1220 g/mol. The number of amides is 2. The Morgan fingerprint density at radius 3 is 1.33 bits per heavy atom. The summed E-state index contributed by atoms with van der Waals surface area (Å²) in [4.78, 5) is 25.5. The molecule has 0 saturated carbocycles. The van der Waals surface area contributed by atoms with E-state index in [1.165, 1.54) is 6.92 Å².